The van der Waals surface area contributed by atoms with Crippen LogP contribution >= 0.6 is 15.9 Å². The van der Waals surface area contributed by atoms with Crippen LogP contribution in [0, 0.1) is 0 Å². The number of halogens is 1. The van der Waals surface area contributed by atoms with E-state index in [2.05, 4.69) is 77.4 Å². The van der Waals surface area contributed by atoms with Crippen LogP contribution in [-0.2, 0) is 21.7 Å². The van der Waals surface area contributed by atoms with Gasteiger partial charge in [-0.3, -0.25) is 0 Å². The Labute approximate surface area is 151 Å². The van der Waals surface area contributed by atoms with E-state index in [1.54, 1.807) is 22.3 Å². The van der Waals surface area contributed by atoms with E-state index in [1.165, 1.54) is 30.2 Å². The molecule has 2 aliphatic carbocycles. The van der Waals surface area contributed by atoms with Gasteiger partial charge in [0.2, 0.25) is 0 Å². The third-order valence-corrected chi connectivity index (χ3v) is 7.62. The van der Waals surface area contributed by atoms with Gasteiger partial charge in [0.05, 0.1) is 0 Å². The van der Waals surface area contributed by atoms with Crippen LogP contribution in [0.2, 0.25) is 0 Å². The normalized spacial score (nSPS) is 26.3. The van der Waals surface area contributed by atoms with Crippen molar-refractivity contribution in [1.82, 2.24) is 0 Å². The van der Waals surface area contributed by atoms with Crippen molar-refractivity contribution in [2.24, 2.45) is 0 Å². The van der Waals surface area contributed by atoms with E-state index < -0.39 is 0 Å². The molecule has 0 spiro atoms. The SMILES string of the molecule is CC1(C)CCC(C)(C)c2c1cc1c(c2Br)C(C)(C)CCC1(C)C. The Balaban J connectivity index is 2.42. The summed E-state index contributed by atoms with van der Waals surface area (Å²) in [7, 11) is 0. The minimum Gasteiger partial charge on any atom is -0.0558 e. The second-order valence-corrected chi connectivity index (χ2v) is 11.4. The zero-order valence-electron chi connectivity index (χ0n) is 16.3. The summed E-state index contributed by atoms with van der Waals surface area (Å²) in [5.74, 6) is 0. The molecule has 1 aromatic rings. The fraction of sp³-hybridized carbons (Fsp3) is 0.727. The summed E-state index contributed by atoms with van der Waals surface area (Å²) in [4.78, 5) is 0. The Hall–Kier alpha value is -0.300. The first-order chi connectivity index (χ1) is 10.3. The van der Waals surface area contributed by atoms with Crippen LogP contribution in [0.3, 0.4) is 0 Å². The van der Waals surface area contributed by atoms with E-state index in [9.17, 15) is 0 Å². The maximum absolute atomic E-state index is 4.11. The van der Waals surface area contributed by atoms with Crippen LogP contribution in [0.4, 0.5) is 0 Å². The molecule has 0 radical (unpaired) electrons. The topological polar surface area (TPSA) is 0 Å². The van der Waals surface area contributed by atoms with Gasteiger partial charge in [0.1, 0.15) is 0 Å². The van der Waals surface area contributed by atoms with Gasteiger partial charge in [-0.25, -0.2) is 0 Å². The number of benzene rings is 1. The van der Waals surface area contributed by atoms with Crippen LogP contribution in [0.25, 0.3) is 0 Å². The predicted molar refractivity (Wildman–Crippen MR) is 105 cm³/mol. The lowest BCUT2D eigenvalue weighted by molar-refractivity contribution is 0.309. The van der Waals surface area contributed by atoms with Crippen LogP contribution in [0.5, 0.6) is 0 Å². The molecule has 0 bridgehead atoms. The van der Waals surface area contributed by atoms with Crippen LogP contribution in [0.15, 0.2) is 10.5 Å². The number of hydrogen-bond donors (Lipinski definition) is 0. The van der Waals surface area contributed by atoms with Crippen molar-refractivity contribution in [3.05, 3.63) is 32.8 Å². The molecule has 0 heterocycles. The second kappa shape index (κ2) is 4.87. The molecule has 23 heavy (non-hydrogen) atoms. The first-order valence-corrected chi connectivity index (χ1v) is 9.97. The van der Waals surface area contributed by atoms with Gasteiger partial charge in [-0.15, -0.1) is 0 Å². The molecule has 1 heteroatoms. The molecule has 0 fully saturated rings. The summed E-state index contributed by atoms with van der Waals surface area (Å²) in [6.07, 6.45) is 5.10. The molecule has 0 N–H and O–H groups in total. The van der Waals surface area contributed by atoms with Gasteiger partial charge in [-0.2, -0.15) is 0 Å². The molecule has 1 aromatic carbocycles. The zero-order valence-corrected chi connectivity index (χ0v) is 17.9. The third-order valence-electron chi connectivity index (χ3n) is 6.83. The van der Waals surface area contributed by atoms with Crippen LogP contribution in [0.1, 0.15) is 103 Å². The van der Waals surface area contributed by atoms with E-state index in [0.717, 1.165) is 0 Å². The monoisotopic (exact) mass is 376 g/mol. The Morgan fingerprint density at radius 1 is 0.609 bits per heavy atom. The molecule has 3 rings (SSSR count). The van der Waals surface area contributed by atoms with Gasteiger partial charge in [-0.1, -0.05) is 77.4 Å². The maximum atomic E-state index is 4.11. The molecule has 0 nitrogen and oxygen atoms in total. The fourth-order valence-corrected chi connectivity index (χ4v) is 6.31. The smallest absolute Gasteiger partial charge is 0.0256 e. The molecule has 0 unspecified atom stereocenters. The van der Waals surface area contributed by atoms with Gasteiger partial charge >= 0.3 is 0 Å². The molecule has 0 saturated heterocycles. The van der Waals surface area contributed by atoms with Gasteiger partial charge in [0.25, 0.3) is 0 Å². The highest BCUT2D eigenvalue weighted by molar-refractivity contribution is 9.10. The fourth-order valence-electron chi connectivity index (χ4n) is 4.81. The molecule has 0 aromatic heterocycles. The number of rotatable bonds is 0. The minimum absolute atomic E-state index is 0.260. The summed E-state index contributed by atoms with van der Waals surface area (Å²) in [6, 6.07) is 2.59. The molecule has 0 aliphatic heterocycles. The Bertz CT molecular complexity index is 605. The lowest BCUT2D eigenvalue weighted by Crippen LogP contribution is -2.39. The van der Waals surface area contributed by atoms with Gasteiger partial charge < -0.3 is 0 Å². The standard InChI is InChI=1S/C22H33Br/c1-19(2)9-11-21(5,6)16-14(19)13-15-17(18(16)23)22(7,8)12-10-20(15,3)4/h13H,9-12H2,1-8H3. The lowest BCUT2D eigenvalue weighted by Gasteiger charge is -2.48. The van der Waals surface area contributed by atoms with E-state index in [-0.39, 0.29) is 21.7 Å². The van der Waals surface area contributed by atoms with Crippen molar-refractivity contribution in [3.63, 3.8) is 0 Å². The van der Waals surface area contributed by atoms with Gasteiger partial charge in [0.15, 0.2) is 0 Å². The molecule has 0 saturated carbocycles. The van der Waals surface area contributed by atoms with Crippen molar-refractivity contribution >= 4 is 15.9 Å². The molecular formula is C22H33Br. The summed E-state index contributed by atoms with van der Waals surface area (Å²) in [6.45, 7) is 19.4. The lowest BCUT2D eigenvalue weighted by atomic mass is 9.57. The summed E-state index contributed by atoms with van der Waals surface area (Å²) >= 11 is 4.11. The van der Waals surface area contributed by atoms with Crippen molar-refractivity contribution in [3.8, 4) is 0 Å². The quantitative estimate of drug-likeness (QED) is 0.450. The van der Waals surface area contributed by atoms with E-state index in [1.807, 2.05) is 0 Å². The van der Waals surface area contributed by atoms with Crippen molar-refractivity contribution < 1.29 is 0 Å². The van der Waals surface area contributed by atoms with Crippen molar-refractivity contribution in [2.45, 2.75) is 103 Å². The van der Waals surface area contributed by atoms with E-state index >= 15 is 0 Å². The molecule has 0 amide bonds. The minimum atomic E-state index is 0.260. The summed E-state index contributed by atoms with van der Waals surface area (Å²) in [5, 5.41) is 0. The van der Waals surface area contributed by atoms with Crippen LogP contribution in [-0.4, -0.2) is 0 Å². The molecule has 0 atom stereocenters. The Morgan fingerprint density at radius 2 is 0.913 bits per heavy atom. The average Bonchev–Trinajstić information content (AvgIpc) is 2.39. The highest BCUT2D eigenvalue weighted by Crippen LogP contribution is 2.56. The van der Waals surface area contributed by atoms with Crippen molar-refractivity contribution in [1.29, 1.82) is 0 Å². The zero-order chi connectivity index (χ0) is 17.4. The van der Waals surface area contributed by atoms with E-state index in [4.69, 9.17) is 0 Å². The predicted octanol–water partition coefficient (Wildman–Crippen LogP) is 7.15. The van der Waals surface area contributed by atoms with Crippen LogP contribution < -0.4 is 0 Å². The van der Waals surface area contributed by atoms with Gasteiger partial charge in [0, 0.05) is 4.47 Å². The summed E-state index contributed by atoms with van der Waals surface area (Å²) < 4.78 is 1.42. The third kappa shape index (κ3) is 2.53. The first kappa shape index (κ1) is 17.5. The Kier molecular flexibility index (Phi) is 3.71. The van der Waals surface area contributed by atoms with Gasteiger partial charge in [-0.05, 0) is 69.6 Å². The highest BCUT2D eigenvalue weighted by Gasteiger charge is 2.45. The van der Waals surface area contributed by atoms with E-state index in [0.29, 0.717) is 0 Å². The average molecular weight is 377 g/mol. The molecular weight excluding hydrogens is 344 g/mol. The Morgan fingerprint density at radius 3 is 1.26 bits per heavy atom. The largest absolute Gasteiger partial charge is 0.0558 e. The maximum Gasteiger partial charge on any atom is 0.0256 e. The first-order valence-electron chi connectivity index (χ1n) is 9.18. The van der Waals surface area contributed by atoms with Crippen molar-refractivity contribution in [2.75, 3.05) is 0 Å². The number of hydrogen-bond acceptors (Lipinski definition) is 0. The summed E-state index contributed by atoms with van der Waals surface area (Å²) in [5.41, 5.74) is 7.42. The molecule has 128 valence electrons. The highest BCUT2D eigenvalue weighted by atomic mass is 79.9. The molecule has 2 aliphatic rings. The number of fused-ring (bicyclic) bond motifs is 2. The second-order valence-electron chi connectivity index (χ2n) is 10.6.